The number of likely N-dealkylation sites (N-methyl/N-ethyl adjacent to an activating group) is 1. The van der Waals surface area contributed by atoms with Crippen LogP contribution >= 0.6 is 0 Å². The Bertz CT molecular complexity index is 841. The third-order valence-electron chi connectivity index (χ3n) is 6.04. The number of likely N-dealkylation sites (tertiary alicyclic amines) is 1. The van der Waals surface area contributed by atoms with Crippen molar-refractivity contribution in [1.82, 2.24) is 14.4 Å². The summed E-state index contributed by atoms with van der Waals surface area (Å²) < 4.78 is 2.27. The number of carbonyl (C=O) groups is 2. The molecule has 0 radical (unpaired) electrons. The number of fused-ring (bicyclic) bond motifs is 1. The van der Waals surface area contributed by atoms with Gasteiger partial charge in [-0.3, -0.25) is 9.59 Å². The highest BCUT2D eigenvalue weighted by molar-refractivity contribution is 5.95. The lowest BCUT2D eigenvalue weighted by Gasteiger charge is -2.31. The number of amides is 2. The van der Waals surface area contributed by atoms with Gasteiger partial charge in [-0.15, -0.1) is 0 Å². The number of carbonyl (C=O) groups excluding carboxylic acids is 2. The van der Waals surface area contributed by atoms with Crippen molar-refractivity contribution in [2.24, 2.45) is 5.92 Å². The van der Waals surface area contributed by atoms with Crippen molar-refractivity contribution >= 4 is 28.4 Å². The molecule has 0 saturated carbocycles. The van der Waals surface area contributed by atoms with Crippen LogP contribution in [-0.2, 0) is 16.1 Å². The number of rotatable bonds is 8. The molecule has 1 aromatic carbocycles. The summed E-state index contributed by atoms with van der Waals surface area (Å²) in [6.07, 6.45) is 4.34. The monoisotopic (exact) mass is 398 g/mol. The second-order valence-electron chi connectivity index (χ2n) is 7.83. The average molecular weight is 399 g/mol. The topological polar surface area (TPSA) is 57.6 Å². The van der Waals surface area contributed by atoms with E-state index in [1.165, 1.54) is 5.52 Å². The van der Waals surface area contributed by atoms with Crippen molar-refractivity contribution in [3.05, 3.63) is 30.5 Å². The molecule has 158 valence electrons. The van der Waals surface area contributed by atoms with Crippen LogP contribution in [0.2, 0.25) is 0 Å². The second kappa shape index (κ2) is 9.92. The van der Waals surface area contributed by atoms with Gasteiger partial charge in [-0.1, -0.05) is 20.8 Å². The number of benzene rings is 1. The summed E-state index contributed by atoms with van der Waals surface area (Å²) in [5, 5.41) is 4.20. The Morgan fingerprint density at radius 3 is 2.69 bits per heavy atom. The van der Waals surface area contributed by atoms with Gasteiger partial charge in [0.05, 0.1) is 5.92 Å². The van der Waals surface area contributed by atoms with E-state index in [4.69, 9.17) is 0 Å². The van der Waals surface area contributed by atoms with Gasteiger partial charge < -0.3 is 19.7 Å². The van der Waals surface area contributed by atoms with E-state index in [0.717, 1.165) is 56.6 Å². The molecule has 6 heteroatoms. The Morgan fingerprint density at radius 1 is 1.17 bits per heavy atom. The van der Waals surface area contributed by atoms with E-state index in [9.17, 15) is 9.59 Å². The number of nitrogens with zero attached hydrogens (tertiary/aromatic N) is 3. The first-order chi connectivity index (χ1) is 14.0. The highest BCUT2D eigenvalue weighted by Crippen LogP contribution is 2.23. The molecule has 1 N–H and O–H groups in total. The maximum absolute atomic E-state index is 12.7. The number of nitrogens with one attached hydrogen (secondary N) is 1. The molecule has 0 aliphatic carbocycles. The maximum atomic E-state index is 12.7. The summed E-state index contributed by atoms with van der Waals surface area (Å²) in [6, 6.07) is 8.21. The fraction of sp³-hybridized carbons (Fsp3) is 0.565. The molecule has 2 heterocycles. The Hall–Kier alpha value is -2.34. The van der Waals surface area contributed by atoms with Crippen LogP contribution in [0, 0.1) is 5.92 Å². The van der Waals surface area contributed by atoms with Gasteiger partial charge >= 0.3 is 0 Å². The van der Waals surface area contributed by atoms with Crippen LogP contribution in [0.3, 0.4) is 0 Å². The lowest BCUT2D eigenvalue weighted by molar-refractivity contribution is -0.134. The zero-order valence-corrected chi connectivity index (χ0v) is 18.0. The Morgan fingerprint density at radius 2 is 1.97 bits per heavy atom. The highest BCUT2D eigenvalue weighted by atomic mass is 16.2. The van der Waals surface area contributed by atoms with E-state index in [2.05, 4.69) is 47.0 Å². The van der Waals surface area contributed by atoms with Crippen molar-refractivity contribution in [2.75, 3.05) is 38.0 Å². The molecule has 2 aromatic rings. The SMILES string of the molecule is CCC(=O)N1CCCC(C(=O)Nc2ccc3c(ccn3CCN(CC)CC)c2)C1. The van der Waals surface area contributed by atoms with Crippen molar-refractivity contribution in [3.8, 4) is 0 Å². The average Bonchev–Trinajstić information content (AvgIpc) is 3.16. The van der Waals surface area contributed by atoms with E-state index >= 15 is 0 Å². The first-order valence-electron chi connectivity index (χ1n) is 11.0. The maximum Gasteiger partial charge on any atom is 0.229 e. The zero-order chi connectivity index (χ0) is 20.8. The lowest BCUT2D eigenvalue weighted by atomic mass is 9.96. The number of anilines is 1. The van der Waals surface area contributed by atoms with Gasteiger partial charge in [-0.2, -0.15) is 0 Å². The number of piperidine rings is 1. The predicted molar refractivity (Wildman–Crippen MR) is 118 cm³/mol. The van der Waals surface area contributed by atoms with E-state index in [1.807, 2.05) is 24.0 Å². The quantitative estimate of drug-likeness (QED) is 0.740. The number of aromatic nitrogens is 1. The molecule has 0 bridgehead atoms. The second-order valence-corrected chi connectivity index (χ2v) is 7.83. The van der Waals surface area contributed by atoms with Crippen LogP contribution in [0.1, 0.15) is 40.0 Å². The minimum absolute atomic E-state index is 0.0129. The third-order valence-corrected chi connectivity index (χ3v) is 6.04. The van der Waals surface area contributed by atoms with Crippen LogP contribution in [0.25, 0.3) is 10.9 Å². The normalized spacial score (nSPS) is 17.1. The molecule has 2 amide bonds. The van der Waals surface area contributed by atoms with E-state index < -0.39 is 0 Å². The van der Waals surface area contributed by atoms with Crippen LogP contribution in [0.4, 0.5) is 5.69 Å². The highest BCUT2D eigenvalue weighted by Gasteiger charge is 2.27. The molecular weight excluding hydrogens is 364 g/mol. The van der Waals surface area contributed by atoms with Crippen LogP contribution < -0.4 is 5.32 Å². The van der Waals surface area contributed by atoms with Crippen LogP contribution in [-0.4, -0.2) is 58.9 Å². The smallest absolute Gasteiger partial charge is 0.229 e. The fourth-order valence-electron chi connectivity index (χ4n) is 4.15. The van der Waals surface area contributed by atoms with Gasteiger partial charge in [0, 0.05) is 55.4 Å². The lowest BCUT2D eigenvalue weighted by Crippen LogP contribution is -2.43. The molecule has 6 nitrogen and oxygen atoms in total. The molecule has 1 aliphatic rings. The van der Waals surface area contributed by atoms with E-state index in [0.29, 0.717) is 13.0 Å². The fourth-order valence-corrected chi connectivity index (χ4v) is 4.15. The zero-order valence-electron chi connectivity index (χ0n) is 18.0. The van der Waals surface area contributed by atoms with Crippen molar-refractivity contribution in [2.45, 2.75) is 46.6 Å². The largest absolute Gasteiger partial charge is 0.346 e. The van der Waals surface area contributed by atoms with E-state index in [1.54, 1.807) is 0 Å². The molecular formula is C23H34N4O2. The summed E-state index contributed by atoms with van der Waals surface area (Å²) in [5.41, 5.74) is 2.01. The van der Waals surface area contributed by atoms with Crippen molar-refractivity contribution in [3.63, 3.8) is 0 Å². The molecule has 1 saturated heterocycles. The van der Waals surface area contributed by atoms with E-state index in [-0.39, 0.29) is 17.7 Å². The molecule has 1 atom stereocenters. The van der Waals surface area contributed by atoms with Crippen molar-refractivity contribution < 1.29 is 9.59 Å². The molecule has 1 fully saturated rings. The summed E-state index contributed by atoms with van der Waals surface area (Å²) >= 11 is 0. The number of hydrogen-bond donors (Lipinski definition) is 1. The first-order valence-corrected chi connectivity index (χ1v) is 11.0. The molecule has 1 unspecified atom stereocenters. The first kappa shape index (κ1) is 21.4. The standard InChI is InChI=1S/C23H34N4O2/c1-4-22(28)27-12-7-8-19(17-27)23(29)24-20-9-10-21-18(16-20)11-13-26(21)15-14-25(5-2)6-3/h9-11,13,16,19H,4-8,12,14-15,17H2,1-3H3,(H,24,29). The van der Waals surface area contributed by atoms with Gasteiger partial charge in [-0.25, -0.2) is 0 Å². The molecule has 1 aromatic heterocycles. The van der Waals surface area contributed by atoms with Gasteiger partial charge in [0.15, 0.2) is 0 Å². The van der Waals surface area contributed by atoms with Crippen LogP contribution in [0.5, 0.6) is 0 Å². The summed E-state index contributed by atoms with van der Waals surface area (Å²) in [7, 11) is 0. The Kier molecular flexibility index (Phi) is 7.31. The summed E-state index contributed by atoms with van der Waals surface area (Å²) in [4.78, 5) is 29.0. The van der Waals surface area contributed by atoms with Crippen molar-refractivity contribution in [1.29, 1.82) is 0 Å². The van der Waals surface area contributed by atoms with Gasteiger partial charge in [0.2, 0.25) is 11.8 Å². The minimum Gasteiger partial charge on any atom is -0.346 e. The van der Waals surface area contributed by atoms with Crippen LogP contribution in [0.15, 0.2) is 30.5 Å². The molecule has 1 aliphatic heterocycles. The van der Waals surface area contributed by atoms with Gasteiger partial charge in [-0.05, 0) is 50.2 Å². The number of hydrogen-bond acceptors (Lipinski definition) is 3. The third kappa shape index (κ3) is 5.18. The molecule has 0 spiro atoms. The Balaban J connectivity index is 1.63. The predicted octanol–water partition coefficient (Wildman–Crippen LogP) is 3.57. The Labute approximate surface area is 173 Å². The molecule has 29 heavy (non-hydrogen) atoms. The summed E-state index contributed by atoms with van der Waals surface area (Å²) in [6.45, 7) is 11.7. The summed E-state index contributed by atoms with van der Waals surface area (Å²) in [5.74, 6) is 0.0162. The molecule has 3 rings (SSSR count). The minimum atomic E-state index is -0.131. The van der Waals surface area contributed by atoms with Gasteiger partial charge in [0.25, 0.3) is 0 Å². The van der Waals surface area contributed by atoms with Gasteiger partial charge in [0.1, 0.15) is 0 Å².